The number of anilines is 1. The first-order valence-electron chi connectivity index (χ1n) is 5.55. The number of hydrogen-bond donors (Lipinski definition) is 1. The summed E-state index contributed by atoms with van der Waals surface area (Å²) < 4.78 is 5.70. The van der Waals surface area contributed by atoms with Gasteiger partial charge in [-0.15, -0.1) is 0 Å². The third-order valence-electron chi connectivity index (χ3n) is 2.67. The van der Waals surface area contributed by atoms with Gasteiger partial charge in [-0.25, -0.2) is 0 Å². The molecule has 1 aromatic rings. The minimum atomic E-state index is 0.736. The van der Waals surface area contributed by atoms with Crippen LogP contribution in [0.3, 0.4) is 0 Å². The summed E-state index contributed by atoms with van der Waals surface area (Å²) in [5, 5.41) is 0. The summed E-state index contributed by atoms with van der Waals surface area (Å²) in [4.78, 5) is 2.32. The number of thiol groups is 1. The Labute approximate surface area is 102 Å². The summed E-state index contributed by atoms with van der Waals surface area (Å²) in [6, 6.07) is 8.18. The van der Waals surface area contributed by atoms with Gasteiger partial charge in [0.2, 0.25) is 0 Å². The van der Waals surface area contributed by atoms with Crippen LogP contribution in [0.5, 0.6) is 5.75 Å². The van der Waals surface area contributed by atoms with Crippen LogP contribution in [0.15, 0.2) is 36.4 Å². The van der Waals surface area contributed by atoms with Crippen molar-refractivity contribution in [2.75, 3.05) is 30.3 Å². The number of benzene rings is 1. The third-order valence-corrected chi connectivity index (χ3v) is 3.12. The second-order valence-electron chi connectivity index (χ2n) is 4.00. The predicted molar refractivity (Wildman–Crippen MR) is 71.8 cm³/mol. The molecule has 1 heterocycles. The summed E-state index contributed by atoms with van der Waals surface area (Å²) in [6.45, 7) is 6.69. The van der Waals surface area contributed by atoms with Crippen molar-refractivity contribution >= 4 is 18.3 Å². The van der Waals surface area contributed by atoms with Gasteiger partial charge in [0.15, 0.2) is 0 Å². The van der Waals surface area contributed by atoms with E-state index in [1.807, 2.05) is 18.2 Å². The van der Waals surface area contributed by atoms with Crippen molar-refractivity contribution < 1.29 is 4.74 Å². The molecule has 0 radical (unpaired) electrons. The van der Waals surface area contributed by atoms with Crippen LogP contribution in [0.2, 0.25) is 0 Å². The zero-order chi connectivity index (χ0) is 11.4. The molecule has 16 heavy (non-hydrogen) atoms. The fraction of sp³-hybridized carbons (Fsp3) is 0.385. The number of para-hydroxylation sites is 2. The van der Waals surface area contributed by atoms with Gasteiger partial charge in [-0.3, -0.25) is 0 Å². The lowest BCUT2D eigenvalue weighted by molar-refractivity contribution is 0.322. The highest BCUT2D eigenvalue weighted by Crippen LogP contribution is 2.30. The van der Waals surface area contributed by atoms with Crippen LogP contribution >= 0.6 is 12.6 Å². The first-order valence-corrected chi connectivity index (χ1v) is 6.19. The molecule has 3 heteroatoms. The Morgan fingerprint density at radius 3 is 3.06 bits per heavy atom. The molecule has 0 saturated heterocycles. The minimum Gasteiger partial charge on any atom is -0.491 e. The van der Waals surface area contributed by atoms with Crippen LogP contribution in [-0.2, 0) is 0 Å². The minimum absolute atomic E-state index is 0.736. The lowest BCUT2D eigenvalue weighted by Crippen LogP contribution is -2.26. The summed E-state index contributed by atoms with van der Waals surface area (Å²) in [5.41, 5.74) is 2.31. The van der Waals surface area contributed by atoms with Crippen molar-refractivity contribution in [2.45, 2.75) is 6.42 Å². The van der Waals surface area contributed by atoms with E-state index in [9.17, 15) is 0 Å². The van der Waals surface area contributed by atoms with E-state index in [0.29, 0.717) is 0 Å². The van der Waals surface area contributed by atoms with Crippen LogP contribution in [-0.4, -0.2) is 25.4 Å². The number of hydrogen-bond acceptors (Lipinski definition) is 3. The standard InChI is InChI=1S/C13H17NOS/c1-11(10-16)9-14-7-4-8-15-13-6-3-2-5-12(13)14/h2-3,5-6,16H,1,4,7-10H2. The van der Waals surface area contributed by atoms with Crippen LogP contribution in [0.4, 0.5) is 5.69 Å². The molecule has 0 saturated carbocycles. The molecule has 2 rings (SSSR count). The maximum atomic E-state index is 5.70. The van der Waals surface area contributed by atoms with E-state index in [1.165, 1.54) is 5.69 Å². The van der Waals surface area contributed by atoms with Crippen LogP contribution in [0, 0.1) is 0 Å². The van der Waals surface area contributed by atoms with Gasteiger partial charge in [0.05, 0.1) is 12.3 Å². The normalized spacial score (nSPS) is 14.9. The molecule has 0 bridgehead atoms. The number of ether oxygens (including phenoxy) is 1. The van der Waals surface area contributed by atoms with E-state index in [4.69, 9.17) is 4.74 Å². The molecule has 0 spiro atoms. The molecular formula is C13H17NOS. The van der Waals surface area contributed by atoms with Gasteiger partial charge >= 0.3 is 0 Å². The Morgan fingerprint density at radius 2 is 2.25 bits per heavy atom. The molecule has 1 aliphatic rings. The number of fused-ring (bicyclic) bond motifs is 1. The smallest absolute Gasteiger partial charge is 0.142 e. The van der Waals surface area contributed by atoms with E-state index in [0.717, 1.165) is 43.2 Å². The molecule has 0 fully saturated rings. The molecule has 0 aromatic heterocycles. The van der Waals surface area contributed by atoms with E-state index < -0.39 is 0 Å². The molecule has 86 valence electrons. The van der Waals surface area contributed by atoms with Crippen LogP contribution in [0.25, 0.3) is 0 Å². The van der Waals surface area contributed by atoms with Gasteiger partial charge < -0.3 is 9.64 Å². The highest BCUT2D eigenvalue weighted by molar-refractivity contribution is 7.80. The van der Waals surface area contributed by atoms with Gasteiger partial charge in [-0.2, -0.15) is 12.6 Å². The molecule has 0 unspecified atom stereocenters. The van der Waals surface area contributed by atoms with E-state index in [-0.39, 0.29) is 0 Å². The average molecular weight is 235 g/mol. The van der Waals surface area contributed by atoms with Crippen LogP contribution in [0.1, 0.15) is 6.42 Å². The average Bonchev–Trinajstić information content (AvgIpc) is 2.52. The molecule has 2 nitrogen and oxygen atoms in total. The van der Waals surface area contributed by atoms with Crippen molar-refractivity contribution in [1.29, 1.82) is 0 Å². The van der Waals surface area contributed by atoms with E-state index in [1.54, 1.807) is 0 Å². The number of nitrogens with zero attached hydrogens (tertiary/aromatic N) is 1. The van der Waals surface area contributed by atoms with Gasteiger partial charge in [0.1, 0.15) is 5.75 Å². The fourth-order valence-corrected chi connectivity index (χ4v) is 1.98. The van der Waals surface area contributed by atoms with Crippen molar-refractivity contribution in [3.05, 3.63) is 36.4 Å². The van der Waals surface area contributed by atoms with Gasteiger partial charge in [-0.05, 0) is 24.1 Å². The Balaban J connectivity index is 2.22. The summed E-state index contributed by atoms with van der Waals surface area (Å²) in [5.74, 6) is 1.71. The summed E-state index contributed by atoms with van der Waals surface area (Å²) >= 11 is 4.25. The lowest BCUT2D eigenvalue weighted by atomic mass is 10.2. The van der Waals surface area contributed by atoms with Crippen molar-refractivity contribution in [3.63, 3.8) is 0 Å². The quantitative estimate of drug-likeness (QED) is 0.639. The molecule has 1 aliphatic heterocycles. The van der Waals surface area contributed by atoms with Gasteiger partial charge in [0, 0.05) is 18.8 Å². The van der Waals surface area contributed by atoms with Crippen molar-refractivity contribution in [2.24, 2.45) is 0 Å². The first-order chi connectivity index (χ1) is 7.81. The largest absolute Gasteiger partial charge is 0.491 e. The Bertz CT molecular complexity index is 378. The monoisotopic (exact) mass is 235 g/mol. The zero-order valence-corrected chi connectivity index (χ0v) is 10.2. The molecular weight excluding hydrogens is 218 g/mol. The Kier molecular flexibility index (Phi) is 3.78. The van der Waals surface area contributed by atoms with Gasteiger partial charge in [0.25, 0.3) is 0 Å². The maximum absolute atomic E-state index is 5.70. The molecule has 0 atom stereocenters. The Morgan fingerprint density at radius 1 is 1.44 bits per heavy atom. The van der Waals surface area contributed by atoms with Crippen molar-refractivity contribution in [1.82, 2.24) is 0 Å². The highest BCUT2D eigenvalue weighted by atomic mass is 32.1. The summed E-state index contributed by atoms with van der Waals surface area (Å²) in [6.07, 6.45) is 1.05. The molecule has 0 amide bonds. The Hall–Kier alpha value is -1.09. The SMILES string of the molecule is C=C(CS)CN1CCCOc2ccccc21. The maximum Gasteiger partial charge on any atom is 0.142 e. The molecule has 1 aromatic carbocycles. The predicted octanol–water partition coefficient (Wildman–Crippen LogP) is 2.76. The third kappa shape index (κ3) is 2.53. The fourth-order valence-electron chi connectivity index (χ4n) is 1.88. The van der Waals surface area contributed by atoms with Gasteiger partial charge in [-0.1, -0.05) is 18.7 Å². The second kappa shape index (κ2) is 5.30. The molecule has 0 aliphatic carbocycles. The first kappa shape index (κ1) is 11.4. The van der Waals surface area contributed by atoms with Crippen molar-refractivity contribution in [3.8, 4) is 5.75 Å². The zero-order valence-electron chi connectivity index (χ0n) is 9.35. The second-order valence-corrected chi connectivity index (χ2v) is 4.32. The van der Waals surface area contributed by atoms with E-state index >= 15 is 0 Å². The summed E-state index contributed by atoms with van der Waals surface area (Å²) in [7, 11) is 0. The number of rotatable bonds is 3. The highest BCUT2D eigenvalue weighted by Gasteiger charge is 2.15. The van der Waals surface area contributed by atoms with Crippen LogP contribution < -0.4 is 9.64 Å². The topological polar surface area (TPSA) is 12.5 Å². The van der Waals surface area contributed by atoms with E-state index in [2.05, 4.69) is 30.2 Å². The lowest BCUT2D eigenvalue weighted by Gasteiger charge is -2.24. The molecule has 0 N–H and O–H groups in total.